The molecule has 0 aliphatic heterocycles. The van der Waals surface area contributed by atoms with Gasteiger partial charge in [-0.2, -0.15) is 0 Å². The monoisotopic (exact) mass is 283 g/mol. The number of rotatable bonds is 6. The summed E-state index contributed by atoms with van der Waals surface area (Å²) in [5, 5.41) is 2.77. The highest BCUT2D eigenvalue weighted by molar-refractivity contribution is 5.85. The van der Waals surface area contributed by atoms with Crippen LogP contribution in [0.15, 0.2) is 0 Å². The standard InChI is InChI=1S/C15H29N3O2/c1-4-18(5-2)14(19)10-17-15(20)11(3)12-7-6-8-13(16)9-12/h11-13H,4-10,16H2,1-3H3,(H,17,20). The van der Waals surface area contributed by atoms with Crippen molar-refractivity contribution in [2.75, 3.05) is 19.6 Å². The molecule has 1 rings (SSSR count). The quantitative estimate of drug-likeness (QED) is 0.767. The van der Waals surface area contributed by atoms with E-state index in [1.54, 1.807) is 4.90 Å². The maximum Gasteiger partial charge on any atom is 0.241 e. The summed E-state index contributed by atoms with van der Waals surface area (Å²) in [6.07, 6.45) is 4.14. The molecule has 0 bridgehead atoms. The molecule has 0 aromatic rings. The summed E-state index contributed by atoms with van der Waals surface area (Å²) in [6.45, 7) is 7.28. The van der Waals surface area contributed by atoms with E-state index in [-0.39, 0.29) is 30.3 Å². The van der Waals surface area contributed by atoms with Crippen LogP contribution in [0, 0.1) is 11.8 Å². The van der Waals surface area contributed by atoms with Crippen LogP contribution >= 0.6 is 0 Å². The second-order valence-electron chi connectivity index (χ2n) is 5.76. The maximum absolute atomic E-state index is 12.1. The molecule has 3 unspecified atom stereocenters. The molecule has 2 amide bonds. The summed E-state index contributed by atoms with van der Waals surface area (Å²) in [6, 6.07) is 0.223. The van der Waals surface area contributed by atoms with Gasteiger partial charge in [0.25, 0.3) is 0 Å². The summed E-state index contributed by atoms with van der Waals surface area (Å²) in [5.41, 5.74) is 5.97. The molecule has 0 saturated heterocycles. The Kier molecular flexibility index (Phi) is 6.99. The number of carbonyl (C=O) groups is 2. The minimum atomic E-state index is -0.0640. The van der Waals surface area contributed by atoms with E-state index in [0.29, 0.717) is 19.0 Å². The molecule has 20 heavy (non-hydrogen) atoms. The Hall–Kier alpha value is -1.10. The second kappa shape index (κ2) is 8.25. The first-order valence-corrected chi connectivity index (χ1v) is 7.80. The Morgan fingerprint density at radius 1 is 1.30 bits per heavy atom. The summed E-state index contributed by atoms with van der Waals surface area (Å²) in [5.74, 6) is 0.244. The third kappa shape index (κ3) is 4.78. The molecule has 3 N–H and O–H groups in total. The molecular formula is C15H29N3O2. The lowest BCUT2D eigenvalue weighted by Gasteiger charge is -2.30. The number of carbonyl (C=O) groups excluding carboxylic acids is 2. The van der Waals surface area contributed by atoms with E-state index >= 15 is 0 Å². The second-order valence-corrected chi connectivity index (χ2v) is 5.76. The first-order chi connectivity index (χ1) is 9.49. The zero-order chi connectivity index (χ0) is 15.1. The Labute approximate surface area is 122 Å². The molecule has 0 aromatic heterocycles. The number of hydrogen-bond donors (Lipinski definition) is 2. The molecule has 5 nitrogen and oxygen atoms in total. The van der Waals surface area contributed by atoms with Crippen molar-refractivity contribution in [2.45, 2.75) is 52.5 Å². The van der Waals surface area contributed by atoms with Crippen LogP contribution < -0.4 is 11.1 Å². The highest BCUT2D eigenvalue weighted by Crippen LogP contribution is 2.29. The highest BCUT2D eigenvalue weighted by atomic mass is 16.2. The lowest BCUT2D eigenvalue weighted by atomic mass is 9.78. The summed E-state index contributed by atoms with van der Waals surface area (Å²) >= 11 is 0. The van der Waals surface area contributed by atoms with Crippen molar-refractivity contribution in [3.63, 3.8) is 0 Å². The van der Waals surface area contributed by atoms with E-state index < -0.39 is 0 Å². The van der Waals surface area contributed by atoms with Gasteiger partial charge in [-0.15, -0.1) is 0 Å². The number of amides is 2. The zero-order valence-electron chi connectivity index (χ0n) is 13.0. The third-order valence-electron chi connectivity index (χ3n) is 4.41. The number of nitrogens with one attached hydrogen (secondary N) is 1. The molecule has 5 heteroatoms. The predicted molar refractivity (Wildman–Crippen MR) is 80.0 cm³/mol. The molecule has 1 aliphatic rings. The Morgan fingerprint density at radius 3 is 2.50 bits per heavy atom. The van der Waals surface area contributed by atoms with Crippen LogP contribution in [0.1, 0.15) is 46.5 Å². The molecule has 0 heterocycles. The average molecular weight is 283 g/mol. The largest absolute Gasteiger partial charge is 0.347 e. The van der Waals surface area contributed by atoms with Crippen LogP contribution in [0.25, 0.3) is 0 Å². The normalized spacial score (nSPS) is 24.0. The lowest BCUT2D eigenvalue weighted by molar-refractivity contribution is -0.134. The van der Waals surface area contributed by atoms with Crippen molar-refractivity contribution in [1.29, 1.82) is 0 Å². The minimum absolute atomic E-state index is 0.0177. The summed E-state index contributed by atoms with van der Waals surface area (Å²) in [7, 11) is 0. The number of nitrogens with two attached hydrogens (primary N) is 1. The van der Waals surface area contributed by atoms with E-state index in [0.717, 1.165) is 25.7 Å². The predicted octanol–water partition coefficient (Wildman–Crippen LogP) is 1.12. The van der Waals surface area contributed by atoms with Gasteiger partial charge in [0.05, 0.1) is 6.54 Å². The van der Waals surface area contributed by atoms with Gasteiger partial charge in [-0.3, -0.25) is 9.59 Å². The van der Waals surface area contributed by atoms with Gasteiger partial charge < -0.3 is 16.0 Å². The maximum atomic E-state index is 12.1. The fourth-order valence-corrected chi connectivity index (χ4v) is 2.95. The van der Waals surface area contributed by atoms with Crippen molar-refractivity contribution >= 4 is 11.8 Å². The van der Waals surface area contributed by atoms with Crippen LogP contribution in [0.4, 0.5) is 0 Å². The molecule has 0 radical (unpaired) electrons. The van der Waals surface area contributed by atoms with E-state index in [1.807, 2.05) is 20.8 Å². The zero-order valence-corrected chi connectivity index (χ0v) is 13.0. The topological polar surface area (TPSA) is 75.4 Å². The van der Waals surface area contributed by atoms with Gasteiger partial charge in [0.1, 0.15) is 0 Å². The molecule has 1 aliphatic carbocycles. The van der Waals surface area contributed by atoms with Crippen LogP contribution in [-0.4, -0.2) is 42.4 Å². The fraction of sp³-hybridized carbons (Fsp3) is 0.867. The Morgan fingerprint density at radius 2 is 1.95 bits per heavy atom. The summed E-state index contributed by atoms with van der Waals surface area (Å²) in [4.78, 5) is 25.7. The molecule has 116 valence electrons. The van der Waals surface area contributed by atoms with Crippen LogP contribution in [0.5, 0.6) is 0 Å². The van der Waals surface area contributed by atoms with Gasteiger partial charge in [-0.1, -0.05) is 13.3 Å². The SMILES string of the molecule is CCN(CC)C(=O)CNC(=O)C(C)C1CCCC(N)C1. The van der Waals surface area contributed by atoms with Crippen molar-refractivity contribution < 1.29 is 9.59 Å². The smallest absolute Gasteiger partial charge is 0.241 e. The molecule has 1 saturated carbocycles. The van der Waals surface area contributed by atoms with Crippen molar-refractivity contribution in [3.8, 4) is 0 Å². The van der Waals surface area contributed by atoms with Gasteiger partial charge in [-0.25, -0.2) is 0 Å². The highest BCUT2D eigenvalue weighted by Gasteiger charge is 2.28. The summed E-state index contributed by atoms with van der Waals surface area (Å²) < 4.78 is 0. The fourth-order valence-electron chi connectivity index (χ4n) is 2.95. The number of likely N-dealkylation sites (N-methyl/N-ethyl adjacent to an activating group) is 1. The van der Waals surface area contributed by atoms with Crippen LogP contribution in [-0.2, 0) is 9.59 Å². The lowest BCUT2D eigenvalue weighted by Crippen LogP contribution is -2.43. The Balaban J connectivity index is 2.40. The van der Waals surface area contributed by atoms with Crippen molar-refractivity contribution in [3.05, 3.63) is 0 Å². The van der Waals surface area contributed by atoms with Gasteiger partial charge in [0.2, 0.25) is 11.8 Å². The average Bonchev–Trinajstić information content (AvgIpc) is 2.45. The molecular weight excluding hydrogens is 254 g/mol. The number of nitrogens with zero attached hydrogens (tertiary/aromatic N) is 1. The van der Waals surface area contributed by atoms with E-state index in [1.165, 1.54) is 0 Å². The molecule has 0 aromatic carbocycles. The van der Waals surface area contributed by atoms with Crippen LogP contribution in [0.3, 0.4) is 0 Å². The first-order valence-electron chi connectivity index (χ1n) is 7.80. The van der Waals surface area contributed by atoms with Gasteiger partial charge in [0.15, 0.2) is 0 Å². The molecule has 1 fully saturated rings. The Bertz CT molecular complexity index is 329. The van der Waals surface area contributed by atoms with Gasteiger partial charge >= 0.3 is 0 Å². The van der Waals surface area contributed by atoms with Crippen molar-refractivity contribution in [2.24, 2.45) is 17.6 Å². The van der Waals surface area contributed by atoms with E-state index in [9.17, 15) is 9.59 Å². The third-order valence-corrected chi connectivity index (χ3v) is 4.41. The molecule has 3 atom stereocenters. The first kappa shape index (κ1) is 17.0. The molecule has 0 spiro atoms. The van der Waals surface area contributed by atoms with Gasteiger partial charge in [0, 0.05) is 25.0 Å². The van der Waals surface area contributed by atoms with E-state index in [4.69, 9.17) is 5.73 Å². The van der Waals surface area contributed by atoms with Crippen molar-refractivity contribution in [1.82, 2.24) is 10.2 Å². The number of hydrogen-bond acceptors (Lipinski definition) is 3. The van der Waals surface area contributed by atoms with Crippen LogP contribution in [0.2, 0.25) is 0 Å². The minimum Gasteiger partial charge on any atom is -0.347 e. The van der Waals surface area contributed by atoms with Gasteiger partial charge in [-0.05, 0) is 39.0 Å². The van der Waals surface area contributed by atoms with E-state index in [2.05, 4.69) is 5.32 Å².